The molecule has 0 spiro atoms. The second-order valence-electron chi connectivity index (χ2n) is 5.42. The highest BCUT2D eigenvalue weighted by molar-refractivity contribution is 5.95. The number of rotatable bonds is 4. The second-order valence-corrected chi connectivity index (χ2v) is 5.42. The molecular weight excluding hydrogens is 282 g/mol. The third-order valence-electron chi connectivity index (χ3n) is 3.62. The summed E-state index contributed by atoms with van der Waals surface area (Å²) >= 11 is 0. The van der Waals surface area contributed by atoms with Crippen LogP contribution in [0.5, 0.6) is 0 Å². The van der Waals surface area contributed by atoms with Crippen molar-refractivity contribution < 1.29 is 14.3 Å². The summed E-state index contributed by atoms with van der Waals surface area (Å²) in [5.41, 5.74) is 1.39. The zero-order valence-electron chi connectivity index (χ0n) is 12.2. The van der Waals surface area contributed by atoms with Gasteiger partial charge in [0, 0.05) is 31.4 Å². The lowest BCUT2D eigenvalue weighted by molar-refractivity contribution is -0.131. The minimum Gasteiger partial charge on any atom is -0.448 e. The van der Waals surface area contributed by atoms with Crippen LogP contribution in [-0.2, 0) is 22.5 Å². The number of hydrogen-bond acceptors (Lipinski definition) is 4. The molecule has 0 aliphatic carbocycles. The lowest BCUT2D eigenvalue weighted by atomic mass is 9.98. The van der Waals surface area contributed by atoms with E-state index in [4.69, 9.17) is 4.74 Å². The third kappa shape index (κ3) is 3.00. The molecule has 1 amide bonds. The molecule has 1 aliphatic rings. The molecular formula is C16H17N3O3. The van der Waals surface area contributed by atoms with Gasteiger partial charge in [-0.3, -0.25) is 4.79 Å². The predicted octanol–water partition coefficient (Wildman–Crippen LogP) is 1.17. The Balaban J connectivity index is 1.62. The highest BCUT2D eigenvalue weighted by Crippen LogP contribution is 2.20. The molecule has 1 aliphatic heterocycles. The van der Waals surface area contributed by atoms with Crippen molar-refractivity contribution in [3.8, 4) is 0 Å². The van der Waals surface area contributed by atoms with Crippen molar-refractivity contribution in [3.05, 3.63) is 54.1 Å². The van der Waals surface area contributed by atoms with Gasteiger partial charge in [-0.25, -0.2) is 9.78 Å². The molecule has 2 aromatic rings. The van der Waals surface area contributed by atoms with E-state index in [0.717, 1.165) is 5.56 Å². The number of amides is 1. The number of aromatic nitrogens is 2. The fraction of sp³-hybridized carbons (Fsp3) is 0.312. The zero-order valence-corrected chi connectivity index (χ0v) is 12.2. The first-order valence-corrected chi connectivity index (χ1v) is 7.18. The maximum absolute atomic E-state index is 12.3. The smallest absolute Gasteiger partial charge is 0.339 e. The first kappa shape index (κ1) is 14.3. The van der Waals surface area contributed by atoms with Crippen molar-refractivity contribution in [1.82, 2.24) is 14.9 Å². The Morgan fingerprint density at radius 2 is 2.32 bits per heavy atom. The second kappa shape index (κ2) is 6.01. The molecule has 2 atom stereocenters. The standard InChI is InChI=1S/C16H17N3O3/c1-11(9-19-7-6-17-10-19)18-15(20)14-8-12-4-2-3-5-13(12)16(21)22-14/h2-7,10-11,14H,8-9H2,1H3,(H,18,20). The Hall–Kier alpha value is -2.63. The molecule has 0 fully saturated rings. The van der Waals surface area contributed by atoms with Crippen molar-refractivity contribution in [2.24, 2.45) is 0 Å². The van der Waals surface area contributed by atoms with Gasteiger partial charge >= 0.3 is 5.97 Å². The van der Waals surface area contributed by atoms with Gasteiger partial charge in [0.2, 0.25) is 0 Å². The van der Waals surface area contributed by atoms with E-state index in [2.05, 4.69) is 10.3 Å². The number of carbonyl (C=O) groups is 2. The number of carbonyl (C=O) groups excluding carboxylic acids is 2. The summed E-state index contributed by atoms with van der Waals surface area (Å²) in [7, 11) is 0. The largest absolute Gasteiger partial charge is 0.448 e. The molecule has 0 radical (unpaired) electrons. The Kier molecular flexibility index (Phi) is 3.91. The molecule has 0 bridgehead atoms. The van der Waals surface area contributed by atoms with Gasteiger partial charge in [0.15, 0.2) is 6.10 Å². The first-order chi connectivity index (χ1) is 10.6. The van der Waals surface area contributed by atoms with E-state index >= 15 is 0 Å². The number of nitrogens with one attached hydrogen (secondary N) is 1. The van der Waals surface area contributed by atoms with E-state index < -0.39 is 12.1 Å². The highest BCUT2D eigenvalue weighted by atomic mass is 16.5. The van der Waals surface area contributed by atoms with Crippen molar-refractivity contribution in [2.45, 2.75) is 32.0 Å². The van der Waals surface area contributed by atoms with Gasteiger partial charge in [0.25, 0.3) is 5.91 Å². The van der Waals surface area contributed by atoms with E-state index in [0.29, 0.717) is 18.5 Å². The zero-order chi connectivity index (χ0) is 15.5. The van der Waals surface area contributed by atoms with Crippen molar-refractivity contribution in [1.29, 1.82) is 0 Å². The fourth-order valence-corrected chi connectivity index (χ4v) is 2.57. The molecule has 3 rings (SSSR count). The van der Waals surface area contributed by atoms with Crippen molar-refractivity contribution in [2.75, 3.05) is 0 Å². The summed E-state index contributed by atoms with van der Waals surface area (Å²) in [5, 5.41) is 2.87. The minimum atomic E-state index is -0.771. The number of fused-ring (bicyclic) bond motifs is 1. The first-order valence-electron chi connectivity index (χ1n) is 7.18. The number of cyclic esters (lactones) is 1. The van der Waals surface area contributed by atoms with Crippen LogP contribution in [0.25, 0.3) is 0 Å². The Bertz CT molecular complexity index is 682. The van der Waals surface area contributed by atoms with Crippen LogP contribution in [0.3, 0.4) is 0 Å². The third-order valence-corrected chi connectivity index (χ3v) is 3.62. The Morgan fingerprint density at radius 3 is 3.09 bits per heavy atom. The maximum atomic E-state index is 12.3. The summed E-state index contributed by atoms with van der Waals surface area (Å²) in [6.45, 7) is 2.51. The summed E-state index contributed by atoms with van der Waals surface area (Å²) < 4.78 is 7.12. The predicted molar refractivity (Wildman–Crippen MR) is 79.2 cm³/mol. The van der Waals surface area contributed by atoms with Gasteiger partial charge < -0.3 is 14.6 Å². The molecule has 1 aromatic carbocycles. The molecule has 1 N–H and O–H groups in total. The van der Waals surface area contributed by atoms with Gasteiger partial charge in [-0.05, 0) is 18.6 Å². The minimum absolute atomic E-state index is 0.0856. The number of imidazole rings is 1. The van der Waals surface area contributed by atoms with Crippen LogP contribution in [0.1, 0.15) is 22.8 Å². The SMILES string of the molecule is CC(Cn1ccnc1)NC(=O)C1Cc2ccccc2C(=O)O1. The number of ether oxygens (including phenoxy) is 1. The van der Waals surface area contributed by atoms with Gasteiger partial charge in [-0.15, -0.1) is 0 Å². The van der Waals surface area contributed by atoms with Crippen LogP contribution in [0, 0.1) is 0 Å². The molecule has 2 heterocycles. The lowest BCUT2D eigenvalue weighted by Gasteiger charge is -2.25. The highest BCUT2D eigenvalue weighted by Gasteiger charge is 2.31. The molecule has 6 heteroatoms. The van der Waals surface area contributed by atoms with E-state index in [1.165, 1.54) is 0 Å². The van der Waals surface area contributed by atoms with Crippen LogP contribution in [0.2, 0.25) is 0 Å². The number of esters is 1. The maximum Gasteiger partial charge on any atom is 0.339 e. The molecule has 0 saturated carbocycles. The molecule has 1 aromatic heterocycles. The van der Waals surface area contributed by atoms with Crippen LogP contribution in [-0.4, -0.2) is 33.6 Å². The van der Waals surface area contributed by atoms with E-state index in [-0.39, 0.29) is 11.9 Å². The monoisotopic (exact) mass is 299 g/mol. The van der Waals surface area contributed by atoms with E-state index in [1.54, 1.807) is 24.7 Å². The summed E-state index contributed by atoms with van der Waals surface area (Å²) in [4.78, 5) is 28.2. The summed E-state index contributed by atoms with van der Waals surface area (Å²) in [6.07, 6.45) is 4.85. The van der Waals surface area contributed by atoms with E-state index in [1.807, 2.05) is 29.8 Å². The summed E-state index contributed by atoms with van der Waals surface area (Å²) in [6, 6.07) is 7.12. The normalized spacial score (nSPS) is 18.2. The molecule has 6 nitrogen and oxygen atoms in total. The number of hydrogen-bond donors (Lipinski definition) is 1. The summed E-state index contributed by atoms with van der Waals surface area (Å²) in [5.74, 6) is -0.709. The van der Waals surface area contributed by atoms with Crippen LogP contribution < -0.4 is 5.32 Å². The van der Waals surface area contributed by atoms with Crippen LogP contribution >= 0.6 is 0 Å². The number of nitrogens with zero attached hydrogens (tertiary/aromatic N) is 2. The van der Waals surface area contributed by atoms with Gasteiger partial charge in [-0.2, -0.15) is 0 Å². The molecule has 0 saturated heterocycles. The molecule has 114 valence electrons. The quantitative estimate of drug-likeness (QED) is 0.860. The average molecular weight is 299 g/mol. The molecule has 2 unspecified atom stereocenters. The van der Waals surface area contributed by atoms with Gasteiger partial charge in [0.1, 0.15) is 0 Å². The van der Waals surface area contributed by atoms with Crippen LogP contribution in [0.4, 0.5) is 0 Å². The number of benzene rings is 1. The van der Waals surface area contributed by atoms with Gasteiger partial charge in [-0.1, -0.05) is 18.2 Å². The fourth-order valence-electron chi connectivity index (χ4n) is 2.57. The van der Waals surface area contributed by atoms with Crippen molar-refractivity contribution >= 4 is 11.9 Å². The Morgan fingerprint density at radius 1 is 1.50 bits per heavy atom. The van der Waals surface area contributed by atoms with Crippen LogP contribution in [0.15, 0.2) is 43.0 Å². The van der Waals surface area contributed by atoms with E-state index in [9.17, 15) is 9.59 Å². The lowest BCUT2D eigenvalue weighted by Crippen LogP contribution is -2.46. The van der Waals surface area contributed by atoms with Crippen molar-refractivity contribution in [3.63, 3.8) is 0 Å². The Labute approximate surface area is 128 Å². The average Bonchev–Trinajstić information content (AvgIpc) is 3.00. The van der Waals surface area contributed by atoms with Gasteiger partial charge in [0.05, 0.1) is 11.9 Å². The topological polar surface area (TPSA) is 73.2 Å². The molecule has 22 heavy (non-hydrogen) atoms.